The molecule has 92 valence electrons. The second-order valence-electron chi connectivity index (χ2n) is 3.76. The van der Waals surface area contributed by atoms with Crippen molar-refractivity contribution in [2.24, 2.45) is 5.92 Å². The molecule has 1 rings (SSSR count). The highest BCUT2D eigenvalue weighted by Gasteiger charge is 2.23. The van der Waals surface area contributed by atoms with Crippen LogP contribution >= 0.6 is 0 Å². The summed E-state index contributed by atoms with van der Waals surface area (Å²) in [6.07, 6.45) is -1.01. The average Bonchev–Trinajstić information content (AvgIpc) is 2.29. The highest BCUT2D eigenvalue weighted by atomic mass is 16.4. The van der Waals surface area contributed by atoms with E-state index >= 15 is 0 Å². The van der Waals surface area contributed by atoms with Gasteiger partial charge in [0.15, 0.2) is 0 Å². The predicted molar refractivity (Wildman–Crippen MR) is 61.6 cm³/mol. The molecule has 1 amide bonds. The van der Waals surface area contributed by atoms with Crippen LogP contribution in [0.1, 0.15) is 17.3 Å². The molecule has 3 N–H and O–H groups in total. The topological polar surface area (TPSA) is 86.6 Å². The molecule has 1 aromatic rings. The van der Waals surface area contributed by atoms with Gasteiger partial charge in [-0.1, -0.05) is 18.2 Å². The van der Waals surface area contributed by atoms with Crippen molar-refractivity contribution in [3.63, 3.8) is 0 Å². The Kier molecular flexibility index (Phi) is 4.66. The van der Waals surface area contributed by atoms with E-state index in [9.17, 15) is 14.7 Å². The van der Waals surface area contributed by atoms with Crippen LogP contribution in [-0.4, -0.2) is 34.7 Å². The molecule has 5 heteroatoms. The van der Waals surface area contributed by atoms with Gasteiger partial charge in [0, 0.05) is 12.1 Å². The number of rotatable bonds is 5. The maximum atomic E-state index is 11.6. The third-order valence-electron chi connectivity index (χ3n) is 2.42. The highest BCUT2D eigenvalue weighted by Crippen LogP contribution is 2.04. The second kappa shape index (κ2) is 6.00. The number of benzene rings is 1. The Morgan fingerprint density at radius 3 is 2.35 bits per heavy atom. The molecule has 2 unspecified atom stereocenters. The number of carbonyl (C=O) groups is 2. The number of aliphatic carboxylic acids is 1. The molecule has 0 spiro atoms. The Labute approximate surface area is 99.1 Å². The number of nitrogens with one attached hydrogen (secondary N) is 1. The van der Waals surface area contributed by atoms with Crippen LogP contribution in [0, 0.1) is 5.92 Å². The first-order chi connectivity index (χ1) is 8.02. The highest BCUT2D eigenvalue weighted by molar-refractivity contribution is 5.94. The van der Waals surface area contributed by atoms with E-state index < -0.39 is 18.0 Å². The quantitative estimate of drug-likeness (QED) is 0.696. The van der Waals surface area contributed by atoms with Gasteiger partial charge in [-0.2, -0.15) is 0 Å². The number of aliphatic hydroxyl groups excluding tert-OH is 1. The fourth-order valence-corrected chi connectivity index (χ4v) is 1.36. The lowest BCUT2D eigenvalue weighted by atomic mass is 10.0. The van der Waals surface area contributed by atoms with Crippen LogP contribution in [0.2, 0.25) is 0 Å². The molecule has 2 atom stereocenters. The van der Waals surface area contributed by atoms with Gasteiger partial charge in [0.1, 0.15) is 0 Å². The van der Waals surface area contributed by atoms with Crippen molar-refractivity contribution in [3.05, 3.63) is 35.9 Å². The summed E-state index contributed by atoms with van der Waals surface area (Å²) in [4.78, 5) is 22.4. The van der Waals surface area contributed by atoms with Crippen molar-refractivity contribution in [1.82, 2.24) is 5.32 Å². The molecule has 0 saturated heterocycles. The van der Waals surface area contributed by atoms with E-state index in [4.69, 9.17) is 5.11 Å². The van der Waals surface area contributed by atoms with Crippen LogP contribution in [0.3, 0.4) is 0 Å². The van der Waals surface area contributed by atoms with Gasteiger partial charge < -0.3 is 15.5 Å². The summed E-state index contributed by atoms with van der Waals surface area (Å²) in [6, 6.07) is 8.49. The summed E-state index contributed by atoms with van der Waals surface area (Å²) in [6.45, 7) is 1.29. The zero-order valence-electron chi connectivity index (χ0n) is 9.46. The molecular weight excluding hydrogens is 222 g/mol. The standard InChI is InChI=1S/C12H15NO4/c1-8(14)10(12(16)17)7-13-11(15)9-5-3-2-4-6-9/h2-6,8,10,14H,7H2,1H3,(H,13,15)(H,16,17). The number of carboxylic acid groups (broad SMARTS) is 1. The van der Waals surface area contributed by atoms with E-state index in [0.717, 1.165) is 0 Å². The van der Waals surface area contributed by atoms with Crippen LogP contribution in [0.5, 0.6) is 0 Å². The largest absolute Gasteiger partial charge is 0.481 e. The molecule has 0 aliphatic rings. The molecule has 0 aromatic heterocycles. The maximum Gasteiger partial charge on any atom is 0.310 e. The fraction of sp³-hybridized carbons (Fsp3) is 0.333. The van der Waals surface area contributed by atoms with Crippen LogP contribution < -0.4 is 5.32 Å². The van der Waals surface area contributed by atoms with Crippen molar-refractivity contribution in [2.45, 2.75) is 13.0 Å². The van der Waals surface area contributed by atoms with Crippen molar-refractivity contribution < 1.29 is 19.8 Å². The number of hydrogen-bond acceptors (Lipinski definition) is 3. The summed E-state index contributed by atoms with van der Waals surface area (Å²) in [7, 11) is 0. The molecule has 17 heavy (non-hydrogen) atoms. The van der Waals surface area contributed by atoms with Gasteiger partial charge in [0.2, 0.25) is 0 Å². The molecule has 0 heterocycles. The van der Waals surface area contributed by atoms with Crippen LogP contribution in [0.15, 0.2) is 30.3 Å². The van der Waals surface area contributed by atoms with E-state index in [1.165, 1.54) is 6.92 Å². The number of carboxylic acids is 1. The lowest BCUT2D eigenvalue weighted by molar-refractivity contribution is -0.144. The van der Waals surface area contributed by atoms with Gasteiger partial charge in [-0.15, -0.1) is 0 Å². The third kappa shape index (κ3) is 3.88. The number of amides is 1. The van der Waals surface area contributed by atoms with Crippen molar-refractivity contribution in [2.75, 3.05) is 6.54 Å². The molecule has 1 aromatic carbocycles. The number of carbonyl (C=O) groups excluding carboxylic acids is 1. The first-order valence-corrected chi connectivity index (χ1v) is 5.26. The van der Waals surface area contributed by atoms with Gasteiger partial charge >= 0.3 is 5.97 Å². The van der Waals surface area contributed by atoms with Crippen molar-refractivity contribution in [3.8, 4) is 0 Å². The molecular formula is C12H15NO4. The Hall–Kier alpha value is -1.88. The van der Waals surface area contributed by atoms with Crippen molar-refractivity contribution >= 4 is 11.9 Å². The normalized spacial score (nSPS) is 13.8. The summed E-state index contributed by atoms with van der Waals surface area (Å²) in [5.74, 6) is -2.48. The maximum absolute atomic E-state index is 11.6. The molecule has 0 aliphatic heterocycles. The van der Waals surface area contributed by atoms with Crippen molar-refractivity contribution in [1.29, 1.82) is 0 Å². The van der Waals surface area contributed by atoms with Crippen LogP contribution in [-0.2, 0) is 4.79 Å². The Morgan fingerprint density at radius 2 is 1.88 bits per heavy atom. The van der Waals surface area contributed by atoms with Gasteiger partial charge in [-0.05, 0) is 19.1 Å². The predicted octanol–water partition coefficient (Wildman–Crippen LogP) is 0.498. The number of hydrogen-bond donors (Lipinski definition) is 3. The minimum atomic E-state index is -1.13. The van der Waals surface area contributed by atoms with Crippen LogP contribution in [0.4, 0.5) is 0 Å². The lowest BCUT2D eigenvalue weighted by Crippen LogP contribution is -2.38. The summed E-state index contributed by atoms with van der Waals surface area (Å²) in [5.41, 5.74) is 0.460. The van der Waals surface area contributed by atoms with Crippen LogP contribution in [0.25, 0.3) is 0 Å². The smallest absolute Gasteiger partial charge is 0.310 e. The summed E-state index contributed by atoms with van der Waals surface area (Å²) >= 11 is 0. The molecule has 0 fully saturated rings. The second-order valence-corrected chi connectivity index (χ2v) is 3.76. The Bertz CT molecular complexity index is 389. The fourth-order valence-electron chi connectivity index (χ4n) is 1.36. The Morgan fingerprint density at radius 1 is 1.29 bits per heavy atom. The molecule has 0 saturated carbocycles. The SMILES string of the molecule is CC(O)C(CNC(=O)c1ccccc1)C(=O)O. The molecule has 0 bridgehead atoms. The first-order valence-electron chi connectivity index (χ1n) is 5.26. The number of aliphatic hydroxyl groups is 1. The third-order valence-corrected chi connectivity index (χ3v) is 2.42. The minimum Gasteiger partial charge on any atom is -0.481 e. The zero-order chi connectivity index (χ0) is 12.8. The monoisotopic (exact) mass is 237 g/mol. The van der Waals surface area contributed by atoms with E-state index in [1.807, 2.05) is 0 Å². The lowest BCUT2D eigenvalue weighted by Gasteiger charge is -2.15. The van der Waals surface area contributed by atoms with Gasteiger partial charge in [-0.3, -0.25) is 9.59 Å². The van der Waals surface area contributed by atoms with E-state index in [2.05, 4.69) is 5.32 Å². The van der Waals surface area contributed by atoms with E-state index in [-0.39, 0.29) is 12.5 Å². The molecule has 5 nitrogen and oxygen atoms in total. The van der Waals surface area contributed by atoms with E-state index in [1.54, 1.807) is 30.3 Å². The first kappa shape index (κ1) is 13.2. The van der Waals surface area contributed by atoms with Gasteiger partial charge in [-0.25, -0.2) is 0 Å². The molecule has 0 aliphatic carbocycles. The summed E-state index contributed by atoms with van der Waals surface area (Å²) in [5, 5.41) is 20.5. The Balaban J connectivity index is 2.56. The molecule has 0 radical (unpaired) electrons. The van der Waals surface area contributed by atoms with Gasteiger partial charge in [0.25, 0.3) is 5.91 Å². The van der Waals surface area contributed by atoms with Gasteiger partial charge in [0.05, 0.1) is 12.0 Å². The van der Waals surface area contributed by atoms with E-state index in [0.29, 0.717) is 5.56 Å². The minimum absolute atomic E-state index is 0.0965. The average molecular weight is 237 g/mol. The summed E-state index contributed by atoms with van der Waals surface area (Å²) < 4.78 is 0. The zero-order valence-corrected chi connectivity index (χ0v) is 9.46.